The first-order valence-electron chi connectivity index (χ1n) is 15.8. The first kappa shape index (κ1) is 36.1. The summed E-state index contributed by atoms with van der Waals surface area (Å²) in [6.45, 7) is 0.948. The Balaban J connectivity index is 1.55. The van der Waals surface area contributed by atoms with Crippen LogP contribution in [0.25, 0.3) is 0 Å². The van der Waals surface area contributed by atoms with Crippen molar-refractivity contribution in [1.29, 1.82) is 0 Å². The molecule has 250 valence electrons. The number of carboxylic acid groups (broad SMARTS) is 1. The van der Waals surface area contributed by atoms with E-state index >= 15 is 0 Å². The van der Waals surface area contributed by atoms with Gasteiger partial charge in [-0.25, -0.2) is 0 Å². The number of aliphatic carboxylic acids is 1. The van der Waals surface area contributed by atoms with Crippen LogP contribution < -0.4 is 32.7 Å². The van der Waals surface area contributed by atoms with Crippen molar-refractivity contribution in [2.24, 2.45) is 11.5 Å². The van der Waals surface area contributed by atoms with Gasteiger partial charge in [-0.05, 0) is 62.7 Å². The molecule has 0 bridgehead atoms. The minimum absolute atomic E-state index is 0.0206. The number of hydrogen-bond donors (Lipinski definition) is 7. The molecule has 4 amide bonds. The minimum atomic E-state index is -1.39. The molecule has 2 atom stereocenters. The molecule has 1 aliphatic rings. The highest BCUT2D eigenvalue weighted by atomic mass is 16.4. The van der Waals surface area contributed by atoms with Gasteiger partial charge in [-0.1, -0.05) is 60.7 Å². The van der Waals surface area contributed by atoms with E-state index in [9.17, 15) is 29.1 Å². The van der Waals surface area contributed by atoms with Crippen LogP contribution in [0.5, 0.6) is 0 Å². The van der Waals surface area contributed by atoms with Crippen LogP contribution in [0.1, 0.15) is 43.2 Å². The second kappa shape index (κ2) is 18.6. The first-order valence-corrected chi connectivity index (χ1v) is 15.8. The summed E-state index contributed by atoms with van der Waals surface area (Å²) >= 11 is 0. The number of likely N-dealkylation sites (tertiary alicyclic amines) is 1. The third-order valence-corrected chi connectivity index (χ3v) is 8.05. The van der Waals surface area contributed by atoms with Crippen molar-refractivity contribution >= 4 is 29.6 Å². The molecular formula is C33H47N7O6. The van der Waals surface area contributed by atoms with Crippen molar-refractivity contribution in [3.63, 3.8) is 0 Å². The summed E-state index contributed by atoms with van der Waals surface area (Å²) < 4.78 is 0. The quantitative estimate of drug-likeness (QED) is 0.107. The number of carbonyl (C=O) groups excluding carboxylic acids is 4. The second-order valence-electron chi connectivity index (χ2n) is 11.6. The molecule has 13 nitrogen and oxygen atoms in total. The largest absolute Gasteiger partial charge is 0.480 e. The normalized spacial score (nSPS) is 15.3. The van der Waals surface area contributed by atoms with E-state index in [2.05, 4.69) is 21.3 Å². The van der Waals surface area contributed by atoms with Crippen LogP contribution in [0.15, 0.2) is 60.7 Å². The van der Waals surface area contributed by atoms with Crippen LogP contribution in [0.4, 0.5) is 0 Å². The summed E-state index contributed by atoms with van der Waals surface area (Å²) in [5, 5.41) is 20.6. The lowest BCUT2D eigenvalue weighted by Gasteiger charge is -2.37. The van der Waals surface area contributed by atoms with Crippen molar-refractivity contribution in [3.8, 4) is 0 Å². The number of nitrogens with one attached hydrogen (secondary N) is 4. The van der Waals surface area contributed by atoms with E-state index in [-0.39, 0.29) is 50.7 Å². The number of unbranched alkanes of at least 4 members (excludes halogenated alkanes) is 1. The third-order valence-electron chi connectivity index (χ3n) is 8.05. The summed E-state index contributed by atoms with van der Waals surface area (Å²) in [6.07, 6.45) is 2.76. The number of benzene rings is 2. The third kappa shape index (κ3) is 11.9. The van der Waals surface area contributed by atoms with Crippen molar-refractivity contribution in [1.82, 2.24) is 26.2 Å². The molecule has 0 aromatic heterocycles. The first-order chi connectivity index (χ1) is 22.1. The molecule has 0 radical (unpaired) electrons. The number of nitrogens with zero attached hydrogens (tertiary/aromatic N) is 1. The van der Waals surface area contributed by atoms with Crippen LogP contribution in [0.2, 0.25) is 0 Å². The fraction of sp³-hybridized carbons (Fsp3) is 0.485. The van der Waals surface area contributed by atoms with Gasteiger partial charge in [0.05, 0.1) is 13.1 Å². The minimum Gasteiger partial charge on any atom is -0.480 e. The molecule has 46 heavy (non-hydrogen) atoms. The highest BCUT2D eigenvalue weighted by Crippen LogP contribution is 2.21. The number of nitrogens with two attached hydrogens (primary N) is 2. The Bertz CT molecular complexity index is 1290. The second-order valence-corrected chi connectivity index (χ2v) is 11.6. The molecular weight excluding hydrogens is 590 g/mol. The van der Waals surface area contributed by atoms with Gasteiger partial charge >= 0.3 is 5.97 Å². The monoisotopic (exact) mass is 637 g/mol. The molecule has 1 fully saturated rings. The van der Waals surface area contributed by atoms with Crippen LogP contribution >= 0.6 is 0 Å². The predicted octanol–water partition coefficient (Wildman–Crippen LogP) is -0.319. The van der Waals surface area contributed by atoms with E-state index in [1.54, 1.807) is 0 Å². The zero-order chi connectivity index (χ0) is 33.4. The maximum atomic E-state index is 13.3. The van der Waals surface area contributed by atoms with Crippen molar-refractivity contribution in [2.75, 3.05) is 39.3 Å². The van der Waals surface area contributed by atoms with Gasteiger partial charge in [0, 0.05) is 19.5 Å². The van der Waals surface area contributed by atoms with Crippen LogP contribution in [0, 0.1) is 0 Å². The van der Waals surface area contributed by atoms with E-state index < -0.39 is 42.0 Å². The lowest BCUT2D eigenvalue weighted by molar-refractivity contribution is -0.148. The smallest absolute Gasteiger partial charge is 0.323 e. The molecule has 1 heterocycles. The fourth-order valence-electron chi connectivity index (χ4n) is 5.23. The summed E-state index contributed by atoms with van der Waals surface area (Å²) in [5.41, 5.74) is 12.2. The summed E-state index contributed by atoms with van der Waals surface area (Å²) in [6, 6.07) is 17.3. The number of rotatable bonds is 18. The summed E-state index contributed by atoms with van der Waals surface area (Å²) in [4.78, 5) is 65.2. The molecule has 3 rings (SSSR count). The van der Waals surface area contributed by atoms with Gasteiger partial charge in [0.1, 0.15) is 17.6 Å². The molecule has 1 saturated heterocycles. The maximum Gasteiger partial charge on any atom is 0.323 e. The number of carboxylic acids is 1. The van der Waals surface area contributed by atoms with Crippen LogP contribution in [0.3, 0.4) is 0 Å². The van der Waals surface area contributed by atoms with E-state index in [0.717, 1.165) is 17.5 Å². The van der Waals surface area contributed by atoms with E-state index in [4.69, 9.17) is 11.5 Å². The van der Waals surface area contributed by atoms with Gasteiger partial charge in [0.15, 0.2) is 0 Å². The number of carbonyl (C=O) groups is 5. The van der Waals surface area contributed by atoms with Gasteiger partial charge in [0.2, 0.25) is 23.6 Å². The van der Waals surface area contributed by atoms with Gasteiger partial charge in [-0.2, -0.15) is 0 Å². The Morgan fingerprint density at radius 1 is 0.826 bits per heavy atom. The Morgan fingerprint density at radius 3 is 2.02 bits per heavy atom. The number of piperidine rings is 1. The summed E-state index contributed by atoms with van der Waals surface area (Å²) in [7, 11) is 0. The topological polar surface area (TPSA) is 209 Å². The SMILES string of the molecule is NCCCCC(NC(=O)CNC(=O)C(Cc1ccccc1)NC(=O)CNCCc1ccccc1)C(=O)N1CCC(N)(C(=O)O)CC1. The Morgan fingerprint density at radius 2 is 1.41 bits per heavy atom. The fourth-order valence-corrected chi connectivity index (χ4v) is 5.23. The number of amides is 4. The van der Waals surface area contributed by atoms with Crippen LogP contribution in [-0.2, 0) is 36.8 Å². The van der Waals surface area contributed by atoms with E-state index in [1.807, 2.05) is 60.7 Å². The molecule has 9 N–H and O–H groups in total. The van der Waals surface area contributed by atoms with E-state index in [0.29, 0.717) is 32.4 Å². The summed E-state index contributed by atoms with van der Waals surface area (Å²) in [5.74, 6) is -2.90. The van der Waals surface area contributed by atoms with Crippen molar-refractivity contribution < 1.29 is 29.1 Å². The average molecular weight is 638 g/mol. The van der Waals surface area contributed by atoms with Gasteiger partial charge in [0.25, 0.3) is 0 Å². The predicted molar refractivity (Wildman–Crippen MR) is 173 cm³/mol. The molecule has 1 aliphatic heterocycles. The highest BCUT2D eigenvalue weighted by Gasteiger charge is 2.40. The Hall–Kier alpha value is -4.33. The molecule has 2 aromatic carbocycles. The van der Waals surface area contributed by atoms with Crippen LogP contribution in [-0.4, -0.2) is 96.5 Å². The molecule has 0 aliphatic carbocycles. The lowest BCUT2D eigenvalue weighted by atomic mass is 9.88. The average Bonchev–Trinajstić information content (AvgIpc) is 3.06. The Kier molecular flexibility index (Phi) is 14.6. The van der Waals surface area contributed by atoms with E-state index in [1.165, 1.54) is 4.90 Å². The number of hydrogen-bond acceptors (Lipinski definition) is 8. The van der Waals surface area contributed by atoms with Crippen molar-refractivity contribution in [3.05, 3.63) is 71.8 Å². The Labute approximate surface area is 269 Å². The molecule has 0 spiro atoms. The zero-order valence-electron chi connectivity index (χ0n) is 26.2. The lowest BCUT2D eigenvalue weighted by Crippen LogP contribution is -2.59. The molecule has 2 unspecified atom stereocenters. The van der Waals surface area contributed by atoms with Gasteiger partial charge in [-0.3, -0.25) is 24.0 Å². The molecule has 0 saturated carbocycles. The van der Waals surface area contributed by atoms with Gasteiger partial charge in [-0.15, -0.1) is 0 Å². The highest BCUT2D eigenvalue weighted by molar-refractivity contribution is 5.93. The van der Waals surface area contributed by atoms with Gasteiger partial charge < -0.3 is 42.7 Å². The zero-order valence-corrected chi connectivity index (χ0v) is 26.2. The van der Waals surface area contributed by atoms with Crippen molar-refractivity contribution in [2.45, 2.75) is 62.6 Å². The standard InChI is InChI=1S/C33H47N7O6/c34-17-8-7-13-26(31(44)40-19-15-33(35,16-20-40)32(45)46)38-29(42)23-37-30(43)27(21-25-11-5-2-6-12-25)39-28(41)22-36-18-14-24-9-3-1-4-10-24/h1-6,9-12,26-27,36H,7-8,13-23,34-35H2,(H,37,43)(H,38,42)(H,39,41)(H,45,46). The molecule has 13 heteroatoms. The maximum absolute atomic E-state index is 13.3. The molecule has 2 aromatic rings.